The minimum absolute atomic E-state index is 0.235. The molecule has 2 aromatic heterocycles. The third kappa shape index (κ3) is 2.24. The van der Waals surface area contributed by atoms with E-state index in [4.69, 9.17) is 0 Å². The molecule has 5 nitrogen and oxygen atoms in total. The molecule has 0 aliphatic rings. The van der Waals surface area contributed by atoms with Crippen molar-refractivity contribution in [3.05, 3.63) is 47.8 Å². The van der Waals surface area contributed by atoms with Crippen molar-refractivity contribution >= 4 is 17.0 Å². The van der Waals surface area contributed by atoms with Gasteiger partial charge in [-0.15, -0.1) is 0 Å². The Hall–Kier alpha value is -2.50. The Kier molecular flexibility index (Phi) is 2.83. The molecular formula is C13H12FN5. The van der Waals surface area contributed by atoms with E-state index in [2.05, 4.69) is 25.3 Å². The number of benzene rings is 1. The van der Waals surface area contributed by atoms with Crippen LogP contribution in [-0.4, -0.2) is 19.9 Å². The summed E-state index contributed by atoms with van der Waals surface area (Å²) in [5.74, 6) is 1.01. The third-order valence-electron chi connectivity index (χ3n) is 2.80. The molecule has 19 heavy (non-hydrogen) atoms. The maximum atomic E-state index is 13.5. The molecule has 0 aliphatic carbocycles. The van der Waals surface area contributed by atoms with E-state index in [0.717, 1.165) is 5.52 Å². The van der Waals surface area contributed by atoms with E-state index in [0.29, 0.717) is 29.4 Å². The van der Waals surface area contributed by atoms with E-state index < -0.39 is 0 Å². The molecule has 6 heteroatoms. The summed E-state index contributed by atoms with van der Waals surface area (Å²) in [6.07, 6.45) is 1.56. The van der Waals surface area contributed by atoms with Crippen LogP contribution in [0, 0.1) is 12.7 Å². The van der Waals surface area contributed by atoms with E-state index in [1.807, 2.05) is 0 Å². The first-order valence-electron chi connectivity index (χ1n) is 5.89. The van der Waals surface area contributed by atoms with Gasteiger partial charge < -0.3 is 10.3 Å². The molecule has 0 atom stereocenters. The molecule has 0 saturated heterocycles. The number of aryl methyl sites for hydroxylation is 1. The third-order valence-corrected chi connectivity index (χ3v) is 2.80. The second-order valence-corrected chi connectivity index (χ2v) is 4.17. The second kappa shape index (κ2) is 4.64. The zero-order chi connectivity index (χ0) is 13.2. The van der Waals surface area contributed by atoms with E-state index in [9.17, 15) is 4.39 Å². The van der Waals surface area contributed by atoms with E-state index in [-0.39, 0.29) is 5.82 Å². The molecule has 0 unspecified atom stereocenters. The Labute approximate surface area is 108 Å². The molecule has 3 rings (SSSR count). The first-order valence-corrected chi connectivity index (χ1v) is 5.89. The van der Waals surface area contributed by atoms with Gasteiger partial charge >= 0.3 is 0 Å². The van der Waals surface area contributed by atoms with Crippen molar-refractivity contribution in [2.75, 3.05) is 5.32 Å². The number of nitrogens with zero attached hydrogens (tertiary/aromatic N) is 3. The summed E-state index contributed by atoms with van der Waals surface area (Å²) >= 11 is 0. The van der Waals surface area contributed by atoms with Crippen LogP contribution in [0.3, 0.4) is 0 Å². The molecule has 0 saturated carbocycles. The zero-order valence-corrected chi connectivity index (χ0v) is 10.3. The molecule has 2 heterocycles. The predicted molar refractivity (Wildman–Crippen MR) is 70.1 cm³/mol. The quantitative estimate of drug-likeness (QED) is 0.756. The first-order chi connectivity index (χ1) is 9.24. The second-order valence-electron chi connectivity index (χ2n) is 4.17. The highest BCUT2D eigenvalue weighted by molar-refractivity contribution is 5.82. The van der Waals surface area contributed by atoms with Gasteiger partial charge in [0.05, 0.1) is 6.33 Å². The van der Waals surface area contributed by atoms with Gasteiger partial charge in [-0.2, -0.15) is 0 Å². The van der Waals surface area contributed by atoms with Gasteiger partial charge in [-0.3, -0.25) is 0 Å². The van der Waals surface area contributed by atoms with Crippen LogP contribution in [0.5, 0.6) is 0 Å². The van der Waals surface area contributed by atoms with E-state index in [1.54, 1.807) is 31.5 Å². The number of fused-ring (bicyclic) bond motifs is 1. The van der Waals surface area contributed by atoms with Crippen LogP contribution in [0.2, 0.25) is 0 Å². The van der Waals surface area contributed by atoms with Crippen molar-refractivity contribution in [3.8, 4) is 0 Å². The standard InChI is InChI=1S/C13H12FN5/c1-8-18-12(11-13(19-8)17-7-16-11)15-6-9-4-2-3-5-10(9)14/h2-5,7H,6H2,1H3,(H2,15,16,17,18,19). The van der Waals surface area contributed by atoms with Gasteiger partial charge in [-0.1, -0.05) is 18.2 Å². The average Bonchev–Trinajstić information content (AvgIpc) is 2.85. The number of aromatic nitrogens is 4. The van der Waals surface area contributed by atoms with Crippen molar-refractivity contribution in [2.24, 2.45) is 0 Å². The Morgan fingerprint density at radius 3 is 2.95 bits per heavy atom. The first kappa shape index (κ1) is 11.6. The molecule has 0 aliphatic heterocycles. The predicted octanol–water partition coefficient (Wildman–Crippen LogP) is 2.41. The fraction of sp³-hybridized carbons (Fsp3) is 0.154. The lowest BCUT2D eigenvalue weighted by atomic mass is 10.2. The van der Waals surface area contributed by atoms with Crippen LogP contribution in [0.25, 0.3) is 11.2 Å². The smallest absolute Gasteiger partial charge is 0.183 e. The maximum absolute atomic E-state index is 13.5. The summed E-state index contributed by atoms with van der Waals surface area (Å²) < 4.78 is 13.5. The largest absolute Gasteiger partial charge is 0.364 e. The Bertz CT molecular complexity index is 722. The summed E-state index contributed by atoms with van der Waals surface area (Å²) in [5, 5.41) is 3.11. The van der Waals surface area contributed by atoms with Crippen molar-refractivity contribution in [2.45, 2.75) is 13.5 Å². The lowest BCUT2D eigenvalue weighted by Gasteiger charge is -2.07. The van der Waals surface area contributed by atoms with Crippen molar-refractivity contribution < 1.29 is 4.39 Å². The topological polar surface area (TPSA) is 66.5 Å². The number of H-pyrrole nitrogens is 1. The lowest BCUT2D eigenvalue weighted by molar-refractivity contribution is 0.613. The van der Waals surface area contributed by atoms with Gasteiger partial charge in [0, 0.05) is 12.1 Å². The fourth-order valence-electron chi connectivity index (χ4n) is 1.89. The van der Waals surface area contributed by atoms with Gasteiger partial charge in [0.1, 0.15) is 17.2 Å². The van der Waals surface area contributed by atoms with Crippen molar-refractivity contribution in [3.63, 3.8) is 0 Å². The number of nitrogens with one attached hydrogen (secondary N) is 2. The van der Waals surface area contributed by atoms with Gasteiger partial charge in [0.2, 0.25) is 0 Å². The van der Waals surface area contributed by atoms with Crippen molar-refractivity contribution in [1.82, 2.24) is 19.9 Å². The normalized spacial score (nSPS) is 10.8. The van der Waals surface area contributed by atoms with Crippen LogP contribution in [-0.2, 0) is 6.54 Å². The highest BCUT2D eigenvalue weighted by Crippen LogP contribution is 2.17. The van der Waals surface area contributed by atoms with Gasteiger partial charge in [-0.05, 0) is 13.0 Å². The lowest BCUT2D eigenvalue weighted by Crippen LogP contribution is -2.05. The molecular weight excluding hydrogens is 245 g/mol. The Morgan fingerprint density at radius 1 is 1.26 bits per heavy atom. The monoisotopic (exact) mass is 257 g/mol. The zero-order valence-electron chi connectivity index (χ0n) is 10.3. The number of aromatic amines is 1. The molecule has 0 radical (unpaired) electrons. The Morgan fingerprint density at radius 2 is 2.11 bits per heavy atom. The molecule has 96 valence electrons. The molecule has 1 aromatic carbocycles. The minimum Gasteiger partial charge on any atom is -0.364 e. The van der Waals surface area contributed by atoms with Crippen LogP contribution >= 0.6 is 0 Å². The number of hydrogen-bond donors (Lipinski definition) is 2. The summed E-state index contributed by atoms with van der Waals surface area (Å²) in [6, 6.07) is 6.65. The summed E-state index contributed by atoms with van der Waals surface area (Å²) in [4.78, 5) is 15.6. The number of imidazole rings is 1. The molecule has 3 aromatic rings. The number of rotatable bonds is 3. The molecule has 0 fully saturated rings. The molecule has 0 bridgehead atoms. The van der Waals surface area contributed by atoms with E-state index >= 15 is 0 Å². The number of halogens is 1. The van der Waals surface area contributed by atoms with E-state index in [1.165, 1.54) is 6.07 Å². The maximum Gasteiger partial charge on any atom is 0.183 e. The number of hydrogen-bond acceptors (Lipinski definition) is 4. The molecule has 2 N–H and O–H groups in total. The van der Waals surface area contributed by atoms with Crippen LogP contribution in [0.1, 0.15) is 11.4 Å². The number of anilines is 1. The van der Waals surface area contributed by atoms with Gasteiger partial charge in [0.25, 0.3) is 0 Å². The highest BCUT2D eigenvalue weighted by Gasteiger charge is 2.08. The summed E-state index contributed by atoms with van der Waals surface area (Å²) in [6.45, 7) is 2.15. The highest BCUT2D eigenvalue weighted by atomic mass is 19.1. The molecule has 0 amide bonds. The average molecular weight is 257 g/mol. The SMILES string of the molecule is Cc1nc(NCc2ccccc2F)c2[nH]cnc2n1. The van der Waals surface area contributed by atoms with Crippen molar-refractivity contribution in [1.29, 1.82) is 0 Å². The molecule has 0 spiro atoms. The summed E-state index contributed by atoms with van der Waals surface area (Å²) in [5.41, 5.74) is 1.91. The van der Waals surface area contributed by atoms with Crippen LogP contribution in [0.15, 0.2) is 30.6 Å². The summed E-state index contributed by atoms with van der Waals surface area (Å²) in [7, 11) is 0. The Balaban J connectivity index is 1.90. The fourth-order valence-corrected chi connectivity index (χ4v) is 1.89. The van der Waals surface area contributed by atoms with Gasteiger partial charge in [0.15, 0.2) is 11.5 Å². The van der Waals surface area contributed by atoms with Crippen LogP contribution < -0.4 is 5.32 Å². The minimum atomic E-state index is -0.235. The van der Waals surface area contributed by atoms with Gasteiger partial charge in [-0.25, -0.2) is 19.3 Å². The van der Waals surface area contributed by atoms with Crippen LogP contribution in [0.4, 0.5) is 10.2 Å².